The lowest BCUT2D eigenvalue weighted by atomic mass is 10.2. The van der Waals surface area contributed by atoms with Crippen molar-refractivity contribution in [3.05, 3.63) is 0 Å². The number of rotatable bonds is 4. The van der Waals surface area contributed by atoms with Crippen LogP contribution in [0.15, 0.2) is 0 Å². The van der Waals surface area contributed by atoms with Gasteiger partial charge >= 0.3 is 0 Å². The quantitative estimate of drug-likeness (QED) is 0.508. The maximum atomic E-state index is 10.8. The highest BCUT2D eigenvalue weighted by Crippen LogP contribution is 1.89. The number of hydrogen-bond acceptors (Lipinski definition) is 3. The summed E-state index contributed by atoms with van der Waals surface area (Å²) in [5.41, 5.74) is 0. The van der Waals surface area contributed by atoms with Crippen LogP contribution in [0.4, 0.5) is 0 Å². The second kappa shape index (κ2) is 5.09. The highest BCUT2D eigenvalue weighted by Gasteiger charge is 2.10. The van der Waals surface area contributed by atoms with Gasteiger partial charge in [0.1, 0.15) is 6.10 Å². The summed E-state index contributed by atoms with van der Waals surface area (Å²) < 4.78 is 0. The minimum absolute atomic E-state index is 0.0429. The number of aliphatic hydroxyl groups excluding tert-OH is 2. The maximum absolute atomic E-state index is 10.8. The Hall–Kier alpha value is -0.610. The van der Waals surface area contributed by atoms with Crippen molar-refractivity contribution in [1.29, 1.82) is 0 Å². The average molecular weight is 161 g/mol. The third-order valence-corrected chi connectivity index (χ3v) is 1.33. The smallest absolute Gasteiger partial charge is 0.248 e. The Balaban J connectivity index is 3.57. The Kier molecular flexibility index (Phi) is 4.81. The fourth-order valence-electron chi connectivity index (χ4n) is 0.629. The lowest BCUT2D eigenvalue weighted by Gasteiger charge is -2.13. The predicted molar refractivity (Wildman–Crippen MR) is 41.0 cm³/mol. The lowest BCUT2D eigenvalue weighted by Crippen LogP contribution is -2.39. The molecule has 0 aliphatic carbocycles. The largest absolute Gasteiger partial charge is 0.396 e. The van der Waals surface area contributed by atoms with Gasteiger partial charge in [-0.15, -0.1) is 0 Å². The van der Waals surface area contributed by atoms with Gasteiger partial charge in [-0.1, -0.05) is 0 Å². The molecule has 0 aromatic carbocycles. The third kappa shape index (κ3) is 4.75. The van der Waals surface area contributed by atoms with E-state index in [0.29, 0.717) is 6.42 Å². The van der Waals surface area contributed by atoms with E-state index in [1.165, 1.54) is 6.92 Å². The molecule has 0 radical (unpaired) electrons. The molecule has 0 aliphatic heterocycles. The molecule has 1 amide bonds. The Morgan fingerprint density at radius 3 is 2.45 bits per heavy atom. The van der Waals surface area contributed by atoms with Crippen LogP contribution in [0.5, 0.6) is 0 Å². The molecule has 0 aliphatic rings. The molecule has 0 rings (SSSR count). The molecule has 66 valence electrons. The van der Waals surface area contributed by atoms with E-state index in [1.54, 1.807) is 6.92 Å². The number of nitrogens with one attached hydrogen (secondary N) is 1. The van der Waals surface area contributed by atoms with Crippen LogP contribution in [0.2, 0.25) is 0 Å². The molecule has 2 atom stereocenters. The summed E-state index contributed by atoms with van der Waals surface area (Å²) in [7, 11) is 0. The first-order valence-electron chi connectivity index (χ1n) is 3.67. The molecule has 4 heteroatoms. The van der Waals surface area contributed by atoms with Crippen molar-refractivity contribution >= 4 is 5.91 Å². The fourth-order valence-corrected chi connectivity index (χ4v) is 0.629. The standard InChI is InChI=1S/C7H15NO3/c1-5(3-4-9)8-7(11)6(2)10/h5-6,9-10H,3-4H2,1-2H3,(H,8,11)/t5-,6+/m1/s1. The zero-order valence-corrected chi connectivity index (χ0v) is 6.87. The van der Waals surface area contributed by atoms with E-state index >= 15 is 0 Å². The Morgan fingerprint density at radius 1 is 1.55 bits per heavy atom. The monoisotopic (exact) mass is 161 g/mol. The van der Waals surface area contributed by atoms with Gasteiger partial charge in [-0.3, -0.25) is 4.79 Å². The molecule has 4 nitrogen and oxygen atoms in total. The van der Waals surface area contributed by atoms with Gasteiger partial charge in [0.05, 0.1) is 0 Å². The molecule has 3 N–H and O–H groups in total. The predicted octanol–water partition coefficient (Wildman–Crippen LogP) is -0.746. The first-order valence-corrected chi connectivity index (χ1v) is 3.67. The van der Waals surface area contributed by atoms with Crippen LogP contribution < -0.4 is 5.32 Å². The molecular formula is C7H15NO3. The van der Waals surface area contributed by atoms with Gasteiger partial charge in [0.25, 0.3) is 0 Å². The number of hydrogen-bond donors (Lipinski definition) is 3. The number of aliphatic hydroxyl groups is 2. The van der Waals surface area contributed by atoms with E-state index in [-0.39, 0.29) is 12.6 Å². The zero-order chi connectivity index (χ0) is 8.85. The normalized spacial score (nSPS) is 15.6. The minimum atomic E-state index is -0.976. The average Bonchev–Trinajstić information content (AvgIpc) is 1.87. The van der Waals surface area contributed by atoms with Crippen molar-refractivity contribution in [2.45, 2.75) is 32.4 Å². The summed E-state index contributed by atoms with van der Waals surface area (Å²) in [5.74, 6) is -0.397. The molecule has 0 unspecified atom stereocenters. The SMILES string of the molecule is C[C@H](CCO)NC(=O)[C@H](C)O. The van der Waals surface area contributed by atoms with Crippen molar-refractivity contribution < 1.29 is 15.0 Å². The topological polar surface area (TPSA) is 69.6 Å². The molecule has 0 aromatic heterocycles. The third-order valence-electron chi connectivity index (χ3n) is 1.33. The molecule has 0 aromatic rings. The van der Waals surface area contributed by atoms with Gasteiger partial charge in [0, 0.05) is 12.6 Å². The number of carbonyl (C=O) groups excluding carboxylic acids is 1. The zero-order valence-electron chi connectivity index (χ0n) is 6.87. The van der Waals surface area contributed by atoms with E-state index in [2.05, 4.69) is 5.32 Å². The molecule has 0 fully saturated rings. The van der Waals surface area contributed by atoms with E-state index in [9.17, 15) is 4.79 Å². The molecule has 0 saturated heterocycles. The van der Waals surface area contributed by atoms with Gasteiger partial charge in [-0.05, 0) is 20.3 Å². The first-order chi connectivity index (χ1) is 5.07. The van der Waals surface area contributed by atoms with Crippen molar-refractivity contribution in [3.8, 4) is 0 Å². The highest BCUT2D eigenvalue weighted by atomic mass is 16.3. The van der Waals surface area contributed by atoms with Crippen LogP contribution >= 0.6 is 0 Å². The van der Waals surface area contributed by atoms with Crippen molar-refractivity contribution in [2.24, 2.45) is 0 Å². The summed E-state index contributed by atoms with van der Waals surface area (Å²) in [5, 5.41) is 19.8. The van der Waals surface area contributed by atoms with Crippen molar-refractivity contribution in [2.75, 3.05) is 6.61 Å². The second-order valence-corrected chi connectivity index (χ2v) is 2.60. The van der Waals surface area contributed by atoms with E-state index < -0.39 is 12.0 Å². The van der Waals surface area contributed by atoms with Crippen LogP contribution in [0.1, 0.15) is 20.3 Å². The summed E-state index contributed by atoms with van der Waals surface area (Å²) in [6, 6.07) is -0.0814. The Bertz CT molecular complexity index is 125. The van der Waals surface area contributed by atoms with Crippen LogP contribution in [0.3, 0.4) is 0 Å². The summed E-state index contributed by atoms with van der Waals surface area (Å²) in [6.45, 7) is 3.22. The highest BCUT2D eigenvalue weighted by molar-refractivity contribution is 5.80. The van der Waals surface area contributed by atoms with Crippen LogP contribution in [0, 0.1) is 0 Å². The van der Waals surface area contributed by atoms with Gasteiger partial charge in [-0.25, -0.2) is 0 Å². The van der Waals surface area contributed by atoms with Crippen LogP contribution in [-0.4, -0.2) is 34.9 Å². The number of carbonyl (C=O) groups is 1. The summed E-state index contributed by atoms with van der Waals surface area (Å²) in [4.78, 5) is 10.8. The van der Waals surface area contributed by atoms with Gasteiger partial charge in [0.15, 0.2) is 0 Å². The molecular weight excluding hydrogens is 146 g/mol. The van der Waals surface area contributed by atoms with Gasteiger partial charge in [0.2, 0.25) is 5.91 Å². The summed E-state index contributed by atoms with van der Waals surface area (Å²) >= 11 is 0. The van der Waals surface area contributed by atoms with E-state index in [4.69, 9.17) is 10.2 Å². The molecule has 0 saturated carbocycles. The fraction of sp³-hybridized carbons (Fsp3) is 0.857. The number of amides is 1. The second-order valence-electron chi connectivity index (χ2n) is 2.60. The van der Waals surface area contributed by atoms with Gasteiger partial charge < -0.3 is 15.5 Å². The van der Waals surface area contributed by atoms with E-state index in [1.807, 2.05) is 0 Å². The first kappa shape index (κ1) is 10.4. The van der Waals surface area contributed by atoms with Crippen molar-refractivity contribution in [1.82, 2.24) is 5.32 Å². The van der Waals surface area contributed by atoms with Gasteiger partial charge in [-0.2, -0.15) is 0 Å². The van der Waals surface area contributed by atoms with E-state index in [0.717, 1.165) is 0 Å². The lowest BCUT2D eigenvalue weighted by molar-refractivity contribution is -0.129. The molecule has 0 spiro atoms. The minimum Gasteiger partial charge on any atom is -0.396 e. The molecule has 0 bridgehead atoms. The molecule has 11 heavy (non-hydrogen) atoms. The molecule has 0 heterocycles. The van der Waals surface area contributed by atoms with Crippen LogP contribution in [0.25, 0.3) is 0 Å². The Labute approximate surface area is 66.2 Å². The summed E-state index contributed by atoms with van der Waals surface area (Å²) in [6.07, 6.45) is -0.463. The Morgan fingerprint density at radius 2 is 2.09 bits per heavy atom. The van der Waals surface area contributed by atoms with Crippen LogP contribution in [-0.2, 0) is 4.79 Å². The maximum Gasteiger partial charge on any atom is 0.248 e. The van der Waals surface area contributed by atoms with Crippen molar-refractivity contribution in [3.63, 3.8) is 0 Å².